The molecule has 7 nitrogen and oxygen atoms in total. The molecule has 8 heteroatoms. The lowest BCUT2D eigenvalue weighted by molar-refractivity contribution is -0.143. The lowest BCUT2D eigenvalue weighted by Gasteiger charge is -2.31. The fourth-order valence-electron chi connectivity index (χ4n) is 3.56. The summed E-state index contributed by atoms with van der Waals surface area (Å²) in [6.45, 7) is 5.72. The van der Waals surface area contributed by atoms with Crippen LogP contribution in [-0.4, -0.2) is 42.7 Å². The van der Waals surface area contributed by atoms with Gasteiger partial charge in [0.05, 0.1) is 5.25 Å². The minimum absolute atomic E-state index is 0.0821. The second-order valence-electron chi connectivity index (χ2n) is 8.90. The summed E-state index contributed by atoms with van der Waals surface area (Å²) < 4.78 is 27.4. The highest BCUT2D eigenvalue weighted by molar-refractivity contribution is 7.90. The van der Waals surface area contributed by atoms with Crippen LogP contribution < -0.4 is 10.0 Å². The maximum absolute atomic E-state index is 12.9. The van der Waals surface area contributed by atoms with Gasteiger partial charge in [0, 0.05) is 0 Å². The van der Waals surface area contributed by atoms with Gasteiger partial charge in [-0.1, -0.05) is 40.0 Å². The Bertz CT molecular complexity index is 616. The Labute approximate surface area is 156 Å². The summed E-state index contributed by atoms with van der Waals surface area (Å²) >= 11 is 0. The molecule has 0 aromatic rings. The van der Waals surface area contributed by atoms with Crippen molar-refractivity contribution < 1.29 is 23.1 Å². The van der Waals surface area contributed by atoms with Crippen molar-refractivity contribution in [2.45, 2.75) is 89.5 Å². The fraction of sp³-hybridized carbons (Fsp3) is 0.889. The van der Waals surface area contributed by atoms with E-state index in [4.69, 9.17) is 0 Å². The van der Waals surface area contributed by atoms with Gasteiger partial charge in [-0.2, -0.15) is 0 Å². The molecular formula is C18H32N2O5S. The average molecular weight is 389 g/mol. The standard InChI is InChI=1S/C18H32N2O5S/c1-18(2,3)11-14(17(22)23)19-16(21)15(12-7-5-4-6-8-12)20-26(24,25)13-9-10-13/h12-15,20H,4-11H2,1-3H3,(H,19,21)(H,22,23). The molecule has 0 aliphatic heterocycles. The number of nitrogens with one attached hydrogen (secondary N) is 2. The molecule has 0 aromatic carbocycles. The molecule has 0 radical (unpaired) electrons. The summed E-state index contributed by atoms with van der Waals surface area (Å²) in [5.74, 6) is -1.69. The predicted molar refractivity (Wildman–Crippen MR) is 99.1 cm³/mol. The SMILES string of the molecule is CC(C)(C)CC(NC(=O)C(NS(=O)(=O)C1CC1)C1CCCCC1)C(=O)O. The minimum Gasteiger partial charge on any atom is -0.480 e. The van der Waals surface area contributed by atoms with E-state index in [1.165, 1.54) is 0 Å². The largest absolute Gasteiger partial charge is 0.480 e. The number of hydrogen-bond acceptors (Lipinski definition) is 4. The van der Waals surface area contributed by atoms with Gasteiger partial charge < -0.3 is 10.4 Å². The molecule has 1 amide bonds. The third-order valence-corrected chi connectivity index (χ3v) is 7.02. The Morgan fingerprint density at radius 2 is 1.65 bits per heavy atom. The number of hydrogen-bond donors (Lipinski definition) is 3. The fourth-order valence-corrected chi connectivity index (χ4v) is 5.16. The second kappa shape index (κ2) is 8.25. The van der Waals surface area contributed by atoms with Crippen LogP contribution in [-0.2, 0) is 19.6 Å². The highest BCUT2D eigenvalue weighted by Gasteiger charge is 2.41. The third-order valence-electron chi connectivity index (χ3n) is 5.09. The van der Waals surface area contributed by atoms with Crippen LogP contribution in [0.5, 0.6) is 0 Å². The normalized spacial score (nSPS) is 21.8. The molecule has 0 spiro atoms. The third kappa shape index (κ3) is 6.23. The quantitative estimate of drug-likeness (QED) is 0.589. The molecule has 0 saturated heterocycles. The predicted octanol–water partition coefficient (Wildman–Crippen LogP) is 2.02. The molecule has 2 aliphatic carbocycles. The number of carboxylic acids is 1. The molecule has 3 N–H and O–H groups in total. The van der Waals surface area contributed by atoms with Crippen molar-refractivity contribution in [3.8, 4) is 0 Å². The van der Waals surface area contributed by atoms with Crippen LogP contribution in [0.15, 0.2) is 0 Å². The molecule has 0 heterocycles. The molecular weight excluding hydrogens is 356 g/mol. The van der Waals surface area contributed by atoms with E-state index in [2.05, 4.69) is 10.0 Å². The second-order valence-corrected chi connectivity index (χ2v) is 10.9. The summed E-state index contributed by atoms with van der Waals surface area (Å²) in [5.41, 5.74) is -0.274. The van der Waals surface area contributed by atoms with Crippen molar-refractivity contribution in [3.63, 3.8) is 0 Å². The van der Waals surface area contributed by atoms with Crippen molar-refractivity contribution in [1.82, 2.24) is 10.0 Å². The van der Waals surface area contributed by atoms with Crippen LogP contribution in [0.1, 0.15) is 72.1 Å². The zero-order valence-electron chi connectivity index (χ0n) is 16.0. The Hall–Kier alpha value is -1.15. The van der Waals surface area contributed by atoms with Crippen LogP contribution in [0, 0.1) is 11.3 Å². The van der Waals surface area contributed by atoms with Crippen molar-refractivity contribution in [1.29, 1.82) is 0 Å². The van der Waals surface area contributed by atoms with Crippen molar-refractivity contribution in [2.75, 3.05) is 0 Å². The zero-order chi connectivity index (χ0) is 19.5. The molecule has 2 fully saturated rings. The first-order chi connectivity index (χ1) is 12.0. The van der Waals surface area contributed by atoms with E-state index < -0.39 is 39.2 Å². The van der Waals surface area contributed by atoms with E-state index in [0.29, 0.717) is 12.8 Å². The van der Waals surface area contributed by atoms with E-state index >= 15 is 0 Å². The van der Waals surface area contributed by atoms with E-state index in [-0.39, 0.29) is 17.8 Å². The maximum atomic E-state index is 12.9. The Morgan fingerprint density at radius 1 is 1.08 bits per heavy atom. The van der Waals surface area contributed by atoms with Gasteiger partial charge in [0.15, 0.2) is 0 Å². The number of rotatable bonds is 8. The topological polar surface area (TPSA) is 113 Å². The van der Waals surface area contributed by atoms with Gasteiger partial charge in [-0.25, -0.2) is 17.9 Å². The van der Waals surface area contributed by atoms with Gasteiger partial charge in [0.25, 0.3) is 0 Å². The van der Waals surface area contributed by atoms with Crippen LogP contribution in [0.2, 0.25) is 0 Å². The summed E-state index contributed by atoms with van der Waals surface area (Å²) in [5, 5.41) is 11.6. The van der Waals surface area contributed by atoms with Crippen LogP contribution in [0.4, 0.5) is 0 Å². The van der Waals surface area contributed by atoms with Crippen molar-refractivity contribution in [2.24, 2.45) is 11.3 Å². The average Bonchev–Trinajstić information content (AvgIpc) is 3.36. The lowest BCUT2D eigenvalue weighted by atomic mass is 9.83. The van der Waals surface area contributed by atoms with Crippen LogP contribution in [0.25, 0.3) is 0 Å². The number of amides is 1. The van der Waals surface area contributed by atoms with Gasteiger partial charge in [-0.3, -0.25) is 4.79 Å². The van der Waals surface area contributed by atoms with Crippen molar-refractivity contribution in [3.05, 3.63) is 0 Å². The molecule has 2 rings (SSSR count). The monoisotopic (exact) mass is 388 g/mol. The van der Waals surface area contributed by atoms with Crippen LogP contribution >= 0.6 is 0 Å². The molecule has 2 atom stereocenters. The van der Waals surface area contributed by atoms with Crippen LogP contribution in [0.3, 0.4) is 0 Å². The van der Waals surface area contributed by atoms with E-state index in [9.17, 15) is 23.1 Å². The number of carbonyl (C=O) groups excluding carboxylic acids is 1. The van der Waals surface area contributed by atoms with E-state index in [0.717, 1.165) is 32.1 Å². The molecule has 2 unspecified atom stereocenters. The first-order valence-electron chi connectivity index (χ1n) is 9.54. The van der Waals surface area contributed by atoms with E-state index in [1.807, 2.05) is 20.8 Å². The summed E-state index contributed by atoms with van der Waals surface area (Å²) in [6.07, 6.45) is 6.09. The molecule has 2 saturated carbocycles. The summed E-state index contributed by atoms with van der Waals surface area (Å²) in [7, 11) is -3.53. The smallest absolute Gasteiger partial charge is 0.326 e. The Kier molecular flexibility index (Phi) is 6.71. The lowest BCUT2D eigenvalue weighted by Crippen LogP contribution is -2.55. The first-order valence-corrected chi connectivity index (χ1v) is 11.1. The maximum Gasteiger partial charge on any atom is 0.326 e. The van der Waals surface area contributed by atoms with Gasteiger partial charge in [-0.15, -0.1) is 0 Å². The number of sulfonamides is 1. The van der Waals surface area contributed by atoms with Gasteiger partial charge in [-0.05, 0) is 43.4 Å². The van der Waals surface area contributed by atoms with E-state index in [1.54, 1.807) is 0 Å². The summed E-state index contributed by atoms with van der Waals surface area (Å²) in [6, 6.07) is -1.92. The Morgan fingerprint density at radius 3 is 2.12 bits per heavy atom. The highest BCUT2D eigenvalue weighted by Crippen LogP contribution is 2.31. The number of aliphatic carboxylic acids is 1. The zero-order valence-corrected chi connectivity index (χ0v) is 16.8. The molecule has 0 bridgehead atoms. The Balaban J connectivity index is 2.14. The first kappa shape index (κ1) is 21.2. The highest BCUT2D eigenvalue weighted by atomic mass is 32.2. The number of carbonyl (C=O) groups is 2. The minimum atomic E-state index is -3.53. The molecule has 150 valence electrons. The summed E-state index contributed by atoms with van der Waals surface area (Å²) in [4.78, 5) is 24.4. The van der Waals surface area contributed by atoms with Gasteiger partial charge >= 0.3 is 5.97 Å². The molecule has 26 heavy (non-hydrogen) atoms. The number of carboxylic acid groups (broad SMARTS) is 1. The van der Waals surface area contributed by atoms with Gasteiger partial charge in [0.2, 0.25) is 15.9 Å². The molecule has 0 aromatic heterocycles. The molecule has 2 aliphatic rings. The van der Waals surface area contributed by atoms with Gasteiger partial charge in [0.1, 0.15) is 12.1 Å². The van der Waals surface area contributed by atoms with Crippen molar-refractivity contribution >= 4 is 21.9 Å².